The topological polar surface area (TPSA) is 79.8 Å². The Kier molecular flexibility index (Phi) is 14.1. The third-order valence-electron chi connectivity index (χ3n) is 4.71. The largest absolute Gasteiger partial charge is 2.00 e. The van der Waals surface area contributed by atoms with Gasteiger partial charge in [-0.2, -0.15) is 0 Å². The predicted octanol–water partition coefficient (Wildman–Crippen LogP) is 6.10. The van der Waals surface area contributed by atoms with Crippen molar-refractivity contribution in [2.75, 3.05) is 0 Å². The van der Waals surface area contributed by atoms with E-state index in [2.05, 4.69) is 30.4 Å². The van der Waals surface area contributed by atoms with Crippen LogP contribution in [-0.4, -0.2) is 20.2 Å². The number of aryl methyl sites for hydroxylation is 4. The average molecular weight is 628 g/mol. The van der Waals surface area contributed by atoms with Gasteiger partial charge in [0.2, 0.25) is 0 Å². The van der Waals surface area contributed by atoms with Gasteiger partial charge in [-0.05, 0) is 88.1 Å². The van der Waals surface area contributed by atoms with Crippen LogP contribution in [0.1, 0.15) is 61.3 Å². The molecule has 180 valence electrons. The molecule has 0 aliphatic heterocycles. The molecule has 0 N–H and O–H groups in total. The monoisotopic (exact) mass is 627 g/mol. The van der Waals surface area contributed by atoms with Crippen LogP contribution < -0.4 is 10.2 Å². The number of hydrogen-bond acceptors (Lipinski definition) is 4. The van der Waals surface area contributed by atoms with Crippen molar-refractivity contribution < 1.29 is 21.1 Å². The molecule has 0 amide bonds. The molecule has 0 saturated heterocycles. The van der Waals surface area contributed by atoms with E-state index < -0.39 is 0 Å². The predicted molar refractivity (Wildman–Crippen MR) is 133 cm³/mol. The van der Waals surface area contributed by atoms with Crippen molar-refractivity contribution in [2.24, 2.45) is 0 Å². The first-order valence-corrected chi connectivity index (χ1v) is 11.2. The molecule has 4 rings (SSSR count). The first kappa shape index (κ1) is 30.4. The number of pyridine rings is 2. The van der Waals surface area contributed by atoms with Gasteiger partial charge in [-0.3, -0.25) is 9.97 Å². The van der Waals surface area contributed by atoms with E-state index in [1.54, 1.807) is 12.4 Å². The van der Waals surface area contributed by atoms with E-state index in [9.17, 15) is 0 Å². The second kappa shape index (κ2) is 15.3. The molecular weight excluding hydrogens is 591 g/mol. The normalized spacial score (nSPS) is 9.27. The number of nitrogens with zero attached hydrogens (tertiary/aromatic N) is 6. The van der Waals surface area contributed by atoms with Crippen LogP contribution in [0.5, 0.6) is 0 Å². The molecule has 4 heterocycles. The molecule has 0 aliphatic carbocycles. The summed E-state index contributed by atoms with van der Waals surface area (Å²) in [5.74, 6) is 0. The molecule has 33 heavy (non-hydrogen) atoms. The Bertz CT molecular complexity index is 1010. The first-order chi connectivity index (χ1) is 15.4. The van der Waals surface area contributed by atoms with Gasteiger partial charge < -0.3 is 20.4 Å². The van der Waals surface area contributed by atoms with Crippen LogP contribution in [0.3, 0.4) is 0 Å². The molecule has 0 atom stereocenters. The zero-order valence-electron chi connectivity index (χ0n) is 21.5. The fourth-order valence-corrected chi connectivity index (χ4v) is 2.71. The van der Waals surface area contributed by atoms with Crippen LogP contribution in [0.2, 0.25) is 0 Å². The van der Waals surface area contributed by atoms with Gasteiger partial charge in [-0.1, -0.05) is 39.1 Å². The van der Waals surface area contributed by atoms with E-state index in [0.717, 1.165) is 45.3 Å². The summed E-state index contributed by atoms with van der Waals surface area (Å²) in [7, 11) is 0. The third kappa shape index (κ3) is 8.36. The summed E-state index contributed by atoms with van der Waals surface area (Å²) in [6.45, 7) is 20.1. The standard InChI is InChI=1S/2C11H12N3.2C2H6.Pt/c2*1-7-4-5-12-10(6-7)11-8(2)9(3)13-14-11;2*1-2;/h2*4-6H,1-3H3;2*1-2H3;/q2*-1;;;+2. The van der Waals surface area contributed by atoms with Crippen molar-refractivity contribution in [2.45, 2.75) is 69.2 Å². The van der Waals surface area contributed by atoms with E-state index in [4.69, 9.17) is 0 Å². The average Bonchev–Trinajstić information content (AvgIpc) is 3.32. The van der Waals surface area contributed by atoms with E-state index in [1.165, 1.54) is 11.1 Å². The minimum atomic E-state index is 0. The maximum Gasteiger partial charge on any atom is 2.00 e. The summed E-state index contributed by atoms with van der Waals surface area (Å²) in [6.07, 6.45) is 3.60. The van der Waals surface area contributed by atoms with Crippen molar-refractivity contribution in [1.82, 2.24) is 30.4 Å². The fourth-order valence-electron chi connectivity index (χ4n) is 2.71. The Labute approximate surface area is 213 Å². The molecule has 0 fully saturated rings. The molecular formula is C26H36N6Pt. The van der Waals surface area contributed by atoms with Crippen LogP contribution in [0.15, 0.2) is 36.7 Å². The van der Waals surface area contributed by atoms with Crippen LogP contribution >= 0.6 is 0 Å². The van der Waals surface area contributed by atoms with E-state index in [1.807, 2.05) is 93.5 Å². The summed E-state index contributed by atoms with van der Waals surface area (Å²) in [5, 5.41) is 16.3. The molecule has 7 heteroatoms. The van der Waals surface area contributed by atoms with Crippen LogP contribution in [-0.2, 0) is 21.1 Å². The molecule has 4 aromatic heterocycles. The molecule has 0 radical (unpaired) electrons. The SMILES string of the molecule is CC.CC.Cc1ccnc(-c2[n-]nc(C)c2C)c1.Cc1ccnc(-c2[n-]nc(C)c2C)c1.[Pt+2]. The maximum atomic E-state index is 4.28. The van der Waals surface area contributed by atoms with E-state index in [-0.39, 0.29) is 21.1 Å². The zero-order valence-corrected chi connectivity index (χ0v) is 23.7. The van der Waals surface area contributed by atoms with Crippen molar-refractivity contribution >= 4 is 0 Å². The number of hydrogen-bond donors (Lipinski definition) is 0. The zero-order chi connectivity index (χ0) is 24.3. The molecule has 0 bridgehead atoms. The summed E-state index contributed by atoms with van der Waals surface area (Å²) >= 11 is 0. The first-order valence-electron chi connectivity index (χ1n) is 11.2. The van der Waals surface area contributed by atoms with Gasteiger partial charge in [0, 0.05) is 35.2 Å². The van der Waals surface area contributed by atoms with Gasteiger partial charge in [-0.25, -0.2) is 0 Å². The van der Waals surface area contributed by atoms with Gasteiger partial charge >= 0.3 is 21.1 Å². The van der Waals surface area contributed by atoms with Gasteiger partial charge in [-0.15, -0.1) is 0 Å². The summed E-state index contributed by atoms with van der Waals surface area (Å²) in [5.41, 5.74) is 10.2. The molecule has 0 spiro atoms. The van der Waals surface area contributed by atoms with Crippen molar-refractivity contribution in [1.29, 1.82) is 0 Å². The second-order valence-corrected chi connectivity index (χ2v) is 6.95. The van der Waals surface area contributed by atoms with Gasteiger partial charge in [0.05, 0.1) is 0 Å². The van der Waals surface area contributed by atoms with Crippen LogP contribution in [0.25, 0.3) is 22.8 Å². The quantitative estimate of drug-likeness (QED) is 0.267. The molecule has 6 nitrogen and oxygen atoms in total. The van der Waals surface area contributed by atoms with Gasteiger partial charge in [0.25, 0.3) is 0 Å². The van der Waals surface area contributed by atoms with Crippen LogP contribution in [0.4, 0.5) is 0 Å². The van der Waals surface area contributed by atoms with Crippen LogP contribution in [0, 0.1) is 41.5 Å². The summed E-state index contributed by atoms with van der Waals surface area (Å²) in [4.78, 5) is 8.56. The van der Waals surface area contributed by atoms with Crippen molar-refractivity contribution in [3.63, 3.8) is 0 Å². The smallest absolute Gasteiger partial charge is 0.573 e. The molecule has 0 unspecified atom stereocenters. The summed E-state index contributed by atoms with van der Waals surface area (Å²) < 4.78 is 0. The second-order valence-electron chi connectivity index (χ2n) is 6.95. The minimum absolute atomic E-state index is 0. The Balaban J connectivity index is 0.000000526. The van der Waals surface area contributed by atoms with Gasteiger partial charge in [0.15, 0.2) is 0 Å². The van der Waals surface area contributed by atoms with Crippen molar-refractivity contribution in [3.05, 3.63) is 70.3 Å². The molecule has 0 aliphatic rings. The molecule has 0 aromatic carbocycles. The molecule has 4 aromatic rings. The third-order valence-corrected chi connectivity index (χ3v) is 4.71. The van der Waals surface area contributed by atoms with E-state index >= 15 is 0 Å². The maximum absolute atomic E-state index is 4.28. The Morgan fingerprint density at radius 3 is 1.15 bits per heavy atom. The van der Waals surface area contributed by atoms with E-state index in [0.29, 0.717) is 0 Å². The van der Waals surface area contributed by atoms with Gasteiger partial charge in [0.1, 0.15) is 0 Å². The summed E-state index contributed by atoms with van der Waals surface area (Å²) in [6, 6.07) is 8.00. The Morgan fingerprint density at radius 2 is 0.909 bits per heavy atom. The number of aromatic nitrogens is 6. The fraction of sp³-hybridized carbons (Fsp3) is 0.385. The van der Waals surface area contributed by atoms with Crippen molar-refractivity contribution in [3.8, 4) is 22.8 Å². The Hall–Kier alpha value is -2.59. The molecule has 0 saturated carbocycles. The minimum Gasteiger partial charge on any atom is -0.573 e. The Morgan fingerprint density at radius 1 is 0.576 bits per heavy atom. The number of rotatable bonds is 2.